The van der Waals surface area contributed by atoms with Crippen LogP contribution in [0.5, 0.6) is 0 Å². The van der Waals surface area contributed by atoms with E-state index in [0.29, 0.717) is 18.9 Å². The molecule has 0 aliphatic heterocycles. The molecule has 0 aliphatic rings. The lowest BCUT2D eigenvalue weighted by atomic mass is 10.1. The molecule has 1 unspecified atom stereocenters. The zero-order valence-corrected chi connectivity index (χ0v) is 11.4. The summed E-state index contributed by atoms with van der Waals surface area (Å²) in [5.41, 5.74) is 0. The number of methoxy groups -OCH3 is 1. The van der Waals surface area contributed by atoms with Gasteiger partial charge in [0.15, 0.2) is 5.82 Å². The van der Waals surface area contributed by atoms with E-state index in [4.69, 9.17) is 14.4 Å². The van der Waals surface area contributed by atoms with Gasteiger partial charge in [0.2, 0.25) is 5.89 Å². The van der Waals surface area contributed by atoms with Gasteiger partial charge in [-0.3, -0.25) is 0 Å². The summed E-state index contributed by atoms with van der Waals surface area (Å²) in [4.78, 5) is 26.5. The molecule has 0 fully saturated rings. The molecule has 1 aromatic heterocycles. The van der Waals surface area contributed by atoms with Crippen molar-refractivity contribution in [1.29, 1.82) is 0 Å². The largest absolute Gasteiger partial charge is 0.480 e. The number of nitrogens with one attached hydrogen (secondary N) is 2. The highest BCUT2D eigenvalue weighted by molar-refractivity contribution is 5.82. The summed E-state index contributed by atoms with van der Waals surface area (Å²) < 4.78 is 9.65. The molecule has 0 saturated heterocycles. The first-order valence-corrected chi connectivity index (χ1v) is 6.08. The van der Waals surface area contributed by atoms with Crippen molar-refractivity contribution in [2.24, 2.45) is 0 Å². The Bertz CT molecular complexity index is 448. The average Bonchev–Trinajstić information content (AvgIpc) is 2.81. The topological polar surface area (TPSA) is 127 Å². The molecule has 0 spiro atoms. The fraction of sp³-hybridized carbons (Fsp3) is 0.636. The van der Waals surface area contributed by atoms with E-state index in [1.165, 1.54) is 7.11 Å². The minimum atomic E-state index is -1.09. The molecule has 1 aromatic rings. The molecule has 0 aromatic carbocycles. The Morgan fingerprint density at radius 2 is 2.25 bits per heavy atom. The molecule has 0 saturated carbocycles. The fourth-order valence-corrected chi connectivity index (χ4v) is 1.47. The second-order valence-electron chi connectivity index (χ2n) is 4.09. The highest BCUT2D eigenvalue weighted by Crippen LogP contribution is 1.99. The highest BCUT2D eigenvalue weighted by atomic mass is 16.5. The molecule has 20 heavy (non-hydrogen) atoms. The van der Waals surface area contributed by atoms with Gasteiger partial charge < -0.3 is 25.0 Å². The van der Waals surface area contributed by atoms with E-state index in [9.17, 15) is 9.59 Å². The van der Waals surface area contributed by atoms with Crippen molar-refractivity contribution in [2.75, 3.05) is 13.7 Å². The maximum atomic E-state index is 11.6. The minimum Gasteiger partial charge on any atom is -0.480 e. The van der Waals surface area contributed by atoms with Crippen molar-refractivity contribution in [3.8, 4) is 0 Å². The second kappa shape index (κ2) is 8.10. The number of carboxylic acids is 1. The third-order valence-electron chi connectivity index (χ3n) is 2.41. The Labute approximate surface area is 115 Å². The number of carbonyl (C=O) groups excluding carboxylic acids is 1. The van der Waals surface area contributed by atoms with E-state index in [2.05, 4.69) is 20.8 Å². The Balaban J connectivity index is 2.35. The summed E-state index contributed by atoms with van der Waals surface area (Å²) in [5, 5.41) is 17.4. The summed E-state index contributed by atoms with van der Waals surface area (Å²) in [6.45, 7) is 2.13. The first-order valence-electron chi connectivity index (χ1n) is 6.08. The first kappa shape index (κ1) is 15.9. The van der Waals surface area contributed by atoms with Crippen LogP contribution in [0.1, 0.15) is 24.6 Å². The molecule has 0 radical (unpaired) electrons. The summed E-state index contributed by atoms with van der Waals surface area (Å²) in [6.07, 6.45) is 0.826. The number of ether oxygens (including phenoxy) is 1. The van der Waals surface area contributed by atoms with Gasteiger partial charge >= 0.3 is 12.0 Å². The lowest BCUT2D eigenvalue weighted by Crippen LogP contribution is -2.45. The van der Waals surface area contributed by atoms with Crippen LogP contribution < -0.4 is 10.6 Å². The number of amides is 2. The van der Waals surface area contributed by atoms with Crippen LogP contribution in [0.25, 0.3) is 0 Å². The monoisotopic (exact) mass is 286 g/mol. The van der Waals surface area contributed by atoms with E-state index < -0.39 is 18.0 Å². The summed E-state index contributed by atoms with van der Waals surface area (Å²) in [5.74, 6) is -0.376. The standard InChI is InChI=1S/C11H18N4O5/c1-7-13-9(20-15-7)6-12-11(18)14-8(10(16)17)4-3-5-19-2/h8H,3-6H2,1-2H3,(H,16,17)(H2,12,14,18). The van der Waals surface area contributed by atoms with Gasteiger partial charge in [-0.15, -0.1) is 0 Å². The van der Waals surface area contributed by atoms with Crippen molar-refractivity contribution in [1.82, 2.24) is 20.8 Å². The zero-order chi connectivity index (χ0) is 15.0. The van der Waals surface area contributed by atoms with Crippen LogP contribution in [0.15, 0.2) is 4.52 Å². The molecule has 1 heterocycles. The zero-order valence-electron chi connectivity index (χ0n) is 11.4. The van der Waals surface area contributed by atoms with Gasteiger partial charge in [0.05, 0.1) is 6.54 Å². The number of aryl methyl sites for hydroxylation is 1. The number of carbonyl (C=O) groups is 2. The number of hydrogen-bond acceptors (Lipinski definition) is 6. The SMILES string of the molecule is COCCCC(NC(=O)NCc1nc(C)no1)C(=O)O. The fourth-order valence-electron chi connectivity index (χ4n) is 1.47. The number of aliphatic carboxylic acids is 1. The van der Waals surface area contributed by atoms with Gasteiger partial charge in [-0.05, 0) is 19.8 Å². The van der Waals surface area contributed by atoms with Crippen LogP contribution in [0.4, 0.5) is 4.79 Å². The van der Waals surface area contributed by atoms with E-state index in [0.717, 1.165) is 0 Å². The van der Waals surface area contributed by atoms with Crippen molar-refractivity contribution in [3.63, 3.8) is 0 Å². The quantitative estimate of drug-likeness (QED) is 0.576. The predicted octanol–water partition coefficient (Wildman–Crippen LogP) is 0.0570. The van der Waals surface area contributed by atoms with Crippen LogP contribution in [0, 0.1) is 6.92 Å². The van der Waals surface area contributed by atoms with Gasteiger partial charge in [-0.2, -0.15) is 4.98 Å². The van der Waals surface area contributed by atoms with E-state index >= 15 is 0 Å². The van der Waals surface area contributed by atoms with Gasteiger partial charge in [0, 0.05) is 13.7 Å². The van der Waals surface area contributed by atoms with E-state index in [1.807, 2.05) is 0 Å². The minimum absolute atomic E-state index is 0.0388. The molecule has 0 aliphatic carbocycles. The molecule has 9 nitrogen and oxygen atoms in total. The molecule has 112 valence electrons. The summed E-state index contributed by atoms with van der Waals surface area (Å²) >= 11 is 0. The number of nitrogens with zero attached hydrogens (tertiary/aromatic N) is 2. The Kier molecular flexibility index (Phi) is 6.44. The maximum absolute atomic E-state index is 11.6. The van der Waals surface area contributed by atoms with E-state index in [-0.39, 0.29) is 18.9 Å². The predicted molar refractivity (Wildman–Crippen MR) is 66.9 cm³/mol. The Hall–Kier alpha value is -2.16. The average molecular weight is 286 g/mol. The van der Waals surface area contributed by atoms with Gasteiger partial charge in [-0.1, -0.05) is 5.16 Å². The second-order valence-corrected chi connectivity index (χ2v) is 4.09. The number of aromatic nitrogens is 2. The molecule has 2 amide bonds. The smallest absolute Gasteiger partial charge is 0.326 e. The van der Waals surface area contributed by atoms with Gasteiger partial charge in [0.1, 0.15) is 6.04 Å². The summed E-state index contributed by atoms with van der Waals surface area (Å²) in [6, 6.07) is -1.57. The van der Waals surface area contributed by atoms with Crippen LogP contribution in [0.3, 0.4) is 0 Å². The normalized spacial score (nSPS) is 11.9. The highest BCUT2D eigenvalue weighted by Gasteiger charge is 2.19. The first-order chi connectivity index (χ1) is 9.52. The van der Waals surface area contributed by atoms with Crippen molar-refractivity contribution >= 4 is 12.0 Å². The van der Waals surface area contributed by atoms with Crippen molar-refractivity contribution in [3.05, 3.63) is 11.7 Å². The van der Waals surface area contributed by atoms with Crippen molar-refractivity contribution < 1.29 is 24.0 Å². The van der Waals surface area contributed by atoms with Gasteiger partial charge in [-0.25, -0.2) is 9.59 Å². The Morgan fingerprint density at radius 3 is 2.80 bits per heavy atom. The number of hydrogen-bond donors (Lipinski definition) is 3. The molecule has 9 heteroatoms. The third kappa shape index (κ3) is 5.65. The van der Waals surface area contributed by atoms with Crippen molar-refractivity contribution in [2.45, 2.75) is 32.4 Å². The number of carboxylic acid groups (broad SMARTS) is 1. The summed E-state index contributed by atoms with van der Waals surface area (Å²) in [7, 11) is 1.53. The maximum Gasteiger partial charge on any atom is 0.326 e. The van der Waals surface area contributed by atoms with Crippen LogP contribution >= 0.6 is 0 Å². The molecule has 0 bridgehead atoms. The molecule has 1 rings (SSSR count). The molecular weight excluding hydrogens is 268 g/mol. The molecule has 3 N–H and O–H groups in total. The Morgan fingerprint density at radius 1 is 1.50 bits per heavy atom. The van der Waals surface area contributed by atoms with E-state index in [1.54, 1.807) is 6.92 Å². The third-order valence-corrected chi connectivity index (χ3v) is 2.41. The lowest BCUT2D eigenvalue weighted by Gasteiger charge is -2.14. The van der Waals surface area contributed by atoms with Crippen LogP contribution in [-0.4, -0.2) is 47.0 Å². The number of rotatable bonds is 8. The lowest BCUT2D eigenvalue weighted by molar-refractivity contribution is -0.139. The molecule has 1 atom stereocenters. The van der Waals surface area contributed by atoms with Crippen LogP contribution in [0.2, 0.25) is 0 Å². The van der Waals surface area contributed by atoms with Crippen LogP contribution in [-0.2, 0) is 16.1 Å². The molecular formula is C11H18N4O5. The number of urea groups is 1. The van der Waals surface area contributed by atoms with Gasteiger partial charge in [0.25, 0.3) is 0 Å².